The first-order chi connectivity index (χ1) is 23.3. The summed E-state index contributed by atoms with van der Waals surface area (Å²) in [6.45, 7) is 9.44. The van der Waals surface area contributed by atoms with Gasteiger partial charge in [-0.05, 0) is 104 Å². The van der Waals surface area contributed by atoms with Crippen LogP contribution in [0.25, 0.3) is 38.4 Å². The van der Waals surface area contributed by atoms with E-state index in [1.54, 1.807) is 0 Å². The number of benzene rings is 5. The lowest BCUT2D eigenvalue weighted by atomic mass is 9.78. The average Bonchev–Trinajstić information content (AvgIpc) is 3.68. The summed E-state index contributed by atoms with van der Waals surface area (Å²) in [4.78, 5) is 3.89. The molecule has 0 spiro atoms. The predicted molar refractivity (Wildman–Crippen MR) is 205 cm³/mol. The van der Waals surface area contributed by atoms with Gasteiger partial charge in [0.1, 0.15) is 0 Å². The zero-order valence-corrected chi connectivity index (χ0v) is 28.6. The summed E-state index contributed by atoms with van der Waals surface area (Å²) in [5, 5.41) is 1.37. The van der Waals surface area contributed by atoms with E-state index in [-0.39, 0.29) is 10.8 Å². The van der Waals surface area contributed by atoms with Crippen LogP contribution in [0.5, 0.6) is 0 Å². The van der Waals surface area contributed by atoms with Crippen molar-refractivity contribution in [2.75, 3.05) is 4.90 Å². The fourth-order valence-electron chi connectivity index (χ4n) is 9.17. The molecule has 1 heterocycles. The minimum Gasteiger partial charge on any atom is -0.310 e. The van der Waals surface area contributed by atoms with Crippen LogP contribution in [0.2, 0.25) is 0 Å². The SMILES string of the molecule is CC1(C)c2ccccc2-c2cc(N(c3ccc4c(c3)-c3ccccc3C4(C)C)c3ccc4sc5c(c4c3)C3C=CC=CC3C=C5)ccc21. The third-order valence-corrected chi connectivity index (χ3v) is 12.8. The van der Waals surface area contributed by atoms with Gasteiger partial charge in [-0.2, -0.15) is 0 Å². The van der Waals surface area contributed by atoms with Gasteiger partial charge in [0, 0.05) is 49.3 Å². The molecule has 0 saturated carbocycles. The Balaban J connectivity index is 1.20. The Hall–Kier alpha value is -4.92. The lowest BCUT2D eigenvalue weighted by Gasteiger charge is -2.29. The summed E-state index contributed by atoms with van der Waals surface area (Å²) in [7, 11) is 0. The summed E-state index contributed by atoms with van der Waals surface area (Å²) in [5.41, 5.74) is 16.0. The van der Waals surface area contributed by atoms with Gasteiger partial charge in [0.2, 0.25) is 0 Å². The molecule has 0 N–H and O–H groups in total. The monoisotopic (exact) mass is 635 g/mol. The first kappa shape index (κ1) is 28.1. The van der Waals surface area contributed by atoms with Crippen LogP contribution in [0, 0.1) is 5.92 Å². The Morgan fingerprint density at radius 3 is 1.73 bits per heavy atom. The first-order valence-electron chi connectivity index (χ1n) is 17.2. The van der Waals surface area contributed by atoms with E-state index in [1.807, 2.05) is 11.3 Å². The molecule has 6 aromatic rings. The molecule has 0 bridgehead atoms. The molecule has 0 fully saturated rings. The van der Waals surface area contributed by atoms with E-state index in [1.165, 1.54) is 82.1 Å². The van der Waals surface area contributed by atoms with Gasteiger partial charge in [0.25, 0.3) is 0 Å². The minimum absolute atomic E-state index is 0.0289. The highest BCUT2D eigenvalue weighted by Crippen LogP contribution is 2.54. The van der Waals surface area contributed by atoms with Crippen molar-refractivity contribution in [1.29, 1.82) is 0 Å². The van der Waals surface area contributed by atoms with Crippen molar-refractivity contribution in [2.45, 2.75) is 44.4 Å². The van der Waals surface area contributed by atoms with Gasteiger partial charge in [-0.1, -0.05) is 119 Å². The van der Waals surface area contributed by atoms with Crippen molar-refractivity contribution in [1.82, 2.24) is 0 Å². The van der Waals surface area contributed by atoms with Gasteiger partial charge in [0.15, 0.2) is 0 Å². The highest BCUT2D eigenvalue weighted by Gasteiger charge is 2.37. The van der Waals surface area contributed by atoms with Crippen molar-refractivity contribution in [3.05, 3.63) is 166 Å². The Labute approximate surface area is 287 Å². The van der Waals surface area contributed by atoms with Crippen LogP contribution >= 0.6 is 11.3 Å². The summed E-state index contributed by atoms with van der Waals surface area (Å²) >= 11 is 1.92. The summed E-state index contributed by atoms with van der Waals surface area (Å²) in [6, 6.07) is 39.4. The molecule has 2 heteroatoms. The molecule has 0 radical (unpaired) electrons. The van der Waals surface area contributed by atoms with Crippen molar-refractivity contribution in [3.63, 3.8) is 0 Å². The molecule has 4 aliphatic carbocycles. The number of fused-ring (bicyclic) bond motifs is 11. The smallest absolute Gasteiger partial charge is 0.0468 e. The first-order valence-corrected chi connectivity index (χ1v) is 18.0. The van der Waals surface area contributed by atoms with Gasteiger partial charge in [-0.25, -0.2) is 0 Å². The highest BCUT2D eigenvalue weighted by atomic mass is 32.1. The molecule has 5 aromatic carbocycles. The topological polar surface area (TPSA) is 3.24 Å². The summed E-state index contributed by atoms with van der Waals surface area (Å²) < 4.78 is 1.35. The predicted octanol–water partition coefficient (Wildman–Crippen LogP) is 12.8. The van der Waals surface area contributed by atoms with Crippen LogP contribution in [-0.2, 0) is 10.8 Å². The Bertz CT molecular complexity index is 2320. The molecule has 2 unspecified atom stereocenters. The van der Waals surface area contributed by atoms with E-state index in [9.17, 15) is 0 Å². The van der Waals surface area contributed by atoms with E-state index in [4.69, 9.17) is 0 Å². The zero-order valence-electron chi connectivity index (χ0n) is 27.8. The fourth-order valence-corrected chi connectivity index (χ4v) is 10.3. The number of hydrogen-bond acceptors (Lipinski definition) is 2. The standard InChI is InChI=1S/C46H37NS/c1-45(2)38-15-9-7-13-33(38)35-25-29(18-21-40(35)45)47(30-19-22-41-36(26-30)34-14-8-10-16-39(34)46(41,3)4)31-20-24-42-37(27-31)44-32-12-6-5-11-28(32)17-23-43(44)48-42/h5-28,32H,1-4H3. The second-order valence-corrected chi connectivity index (χ2v) is 16.0. The van der Waals surface area contributed by atoms with Gasteiger partial charge in [-0.15, -0.1) is 11.3 Å². The molecule has 10 rings (SSSR count). The molecule has 1 aromatic heterocycles. The fraction of sp³-hybridized carbons (Fsp3) is 0.174. The molecule has 0 saturated heterocycles. The molecule has 2 atom stereocenters. The molecule has 232 valence electrons. The van der Waals surface area contributed by atoms with Crippen molar-refractivity contribution in [2.24, 2.45) is 5.92 Å². The number of anilines is 3. The van der Waals surface area contributed by atoms with Crippen molar-refractivity contribution < 1.29 is 0 Å². The largest absolute Gasteiger partial charge is 0.310 e. The molecule has 0 amide bonds. The normalized spacial score (nSPS) is 19.8. The number of nitrogens with zero attached hydrogens (tertiary/aromatic N) is 1. The number of rotatable bonds is 3. The quantitative estimate of drug-likeness (QED) is 0.187. The third-order valence-electron chi connectivity index (χ3n) is 11.6. The number of thiophene rings is 1. The van der Waals surface area contributed by atoms with E-state index in [0.29, 0.717) is 11.8 Å². The number of hydrogen-bond donors (Lipinski definition) is 0. The average molecular weight is 636 g/mol. The Kier molecular flexibility index (Phi) is 5.75. The van der Waals surface area contributed by atoms with Crippen LogP contribution < -0.4 is 4.90 Å². The highest BCUT2D eigenvalue weighted by molar-refractivity contribution is 7.20. The summed E-state index contributed by atoms with van der Waals surface area (Å²) in [6.07, 6.45) is 13.9. The van der Waals surface area contributed by atoms with Crippen LogP contribution in [0.3, 0.4) is 0 Å². The van der Waals surface area contributed by atoms with Crippen molar-refractivity contribution in [3.8, 4) is 22.3 Å². The van der Waals surface area contributed by atoms with E-state index >= 15 is 0 Å². The van der Waals surface area contributed by atoms with Gasteiger partial charge >= 0.3 is 0 Å². The second kappa shape index (κ2) is 9.81. The maximum Gasteiger partial charge on any atom is 0.0468 e. The third kappa shape index (κ3) is 3.78. The maximum atomic E-state index is 2.50. The number of allylic oxidation sites excluding steroid dienone is 5. The molecular weight excluding hydrogens is 599 g/mol. The van der Waals surface area contributed by atoms with Gasteiger partial charge in [-0.3, -0.25) is 0 Å². The van der Waals surface area contributed by atoms with Crippen LogP contribution in [0.4, 0.5) is 17.1 Å². The van der Waals surface area contributed by atoms with E-state index in [0.717, 1.165) is 0 Å². The minimum atomic E-state index is -0.0289. The van der Waals surface area contributed by atoms with Gasteiger partial charge in [0.05, 0.1) is 0 Å². The molecule has 0 aliphatic heterocycles. The van der Waals surface area contributed by atoms with E-state index in [2.05, 4.69) is 172 Å². The maximum absolute atomic E-state index is 2.50. The molecular formula is C46H37NS. The van der Waals surface area contributed by atoms with Crippen LogP contribution in [0.15, 0.2) is 134 Å². The lowest BCUT2D eigenvalue weighted by Crippen LogP contribution is -2.16. The summed E-state index contributed by atoms with van der Waals surface area (Å²) in [5.74, 6) is 0.797. The molecule has 1 nitrogen and oxygen atoms in total. The van der Waals surface area contributed by atoms with Gasteiger partial charge < -0.3 is 4.90 Å². The van der Waals surface area contributed by atoms with Crippen LogP contribution in [-0.4, -0.2) is 0 Å². The van der Waals surface area contributed by atoms with Crippen LogP contribution in [0.1, 0.15) is 66.3 Å². The Morgan fingerprint density at radius 1 is 0.542 bits per heavy atom. The zero-order chi connectivity index (χ0) is 32.4. The molecule has 4 aliphatic rings. The second-order valence-electron chi connectivity index (χ2n) is 14.9. The van der Waals surface area contributed by atoms with E-state index < -0.39 is 0 Å². The lowest BCUT2D eigenvalue weighted by molar-refractivity contribution is 0.660. The molecule has 48 heavy (non-hydrogen) atoms. The Morgan fingerprint density at radius 2 is 1.08 bits per heavy atom. The van der Waals surface area contributed by atoms with Crippen molar-refractivity contribution >= 4 is 44.6 Å².